The third-order valence-electron chi connectivity index (χ3n) is 3.30. The van der Waals surface area contributed by atoms with Crippen LogP contribution >= 0.6 is 0 Å². The van der Waals surface area contributed by atoms with E-state index in [4.69, 9.17) is 10.8 Å². The van der Waals surface area contributed by atoms with Gasteiger partial charge in [-0.15, -0.1) is 0 Å². The lowest BCUT2D eigenvalue weighted by atomic mass is 9.79. The fourth-order valence-corrected chi connectivity index (χ4v) is 1.97. The molecule has 1 rings (SSSR count). The molecule has 0 aliphatic carbocycles. The van der Waals surface area contributed by atoms with E-state index in [9.17, 15) is 0 Å². The maximum absolute atomic E-state index is 9.08. The first-order valence-corrected chi connectivity index (χ1v) is 6.06. The highest BCUT2D eigenvalue weighted by atomic mass is 16.3. The Morgan fingerprint density at radius 1 is 1.25 bits per heavy atom. The van der Waals surface area contributed by atoms with Crippen molar-refractivity contribution in [3.05, 3.63) is 35.4 Å². The van der Waals surface area contributed by atoms with Gasteiger partial charge in [-0.1, -0.05) is 44.5 Å². The van der Waals surface area contributed by atoms with E-state index in [0.29, 0.717) is 6.54 Å². The van der Waals surface area contributed by atoms with E-state index in [2.05, 4.69) is 38.1 Å². The van der Waals surface area contributed by atoms with Crippen molar-refractivity contribution in [3.63, 3.8) is 0 Å². The summed E-state index contributed by atoms with van der Waals surface area (Å²) < 4.78 is 0. The largest absolute Gasteiger partial charge is 0.396 e. The Hall–Kier alpha value is -0.860. The summed E-state index contributed by atoms with van der Waals surface area (Å²) in [6.07, 6.45) is 3.01. The summed E-state index contributed by atoms with van der Waals surface area (Å²) in [5, 5.41) is 9.08. The van der Waals surface area contributed by atoms with Crippen LogP contribution in [0.1, 0.15) is 37.8 Å². The maximum Gasteiger partial charge on any atom is 0.0439 e. The number of aliphatic hydroxyl groups excluding tert-OH is 1. The number of benzene rings is 1. The van der Waals surface area contributed by atoms with E-state index in [-0.39, 0.29) is 12.0 Å². The van der Waals surface area contributed by atoms with Gasteiger partial charge in [0, 0.05) is 18.6 Å². The Bertz CT molecular complexity index is 307. The predicted octanol–water partition coefficient (Wildman–Crippen LogP) is 2.24. The minimum atomic E-state index is -0.0977. The normalized spacial score (nSPS) is 14.8. The number of rotatable bonds is 6. The van der Waals surface area contributed by atoms with Crippen LogP contribution < -0.4 is 5.73 Å². The first-order valence-electron chi connectivity index (χ1n) is 6.06. The number of nitrogens with two attached hydrogens (primary N) is 1. The molecule has 90 valence electrons. The molecule has 1 aromatic rings. The number of hydrogen-bond acceptors (Lipinski definition) is 2. The highest BCUT2D eigenvalue weighted by Gasteiger charge is 2.23. The summed E-state index contributed by atoms with van der Waals surface area (Å²) in [4.78, 5) is 0. The summed E-state index contributed by atoms with van der Waals surface area (Å²) in [5.41, 5.74) is 8.31. The van der Waals surface area contributed by atoms with Gasteiger partial charge in [-0.2, -0.15) is 0 Å². The summed E-state index contributed by atoms with van der Waals surface area (Å²) in [6.45, 7) is 5.05. The van der Waals surface area contributed by atoms with Crippen LogP contribution in [0.4, 0.5) is 0 Å². The molecule has 0 fully saturated rings. The Kier molecular flexibility index (Phi) is 4.97. The summed E-state index contributed by atoms with van der Waals surface area (Å²) in [6, 6.07) is 8.63. The van der Waals surface area contributed by atoms with Crippen molar-refractivity contribution in [1.82, 2.24) is 0 Å². The molecule has 2 nitrogen and oxygen atoms in total. The predicted molar refractivity (Wildman–Crippen MR) is 68.5 cm³/mol. The zero-order chi connectivity index (χ0) is 12.0. The van der Waals surface area contributed by atoms with Gasteiger partial charge in [0.25, 0.3) is 0 Å². The van der Waals surface area contributed by atoms with Gasteiger partial charge in [-0.3, -0.25) is 0 Å². The topological polar surface area (TPSA) is 46.2 Å². The third-order valence-corrected chi connectivity index (χ3v) is 3.30. The molecule has 0 heterocycles. The Labute approximate surface area is 98.5 Å². The quantitative estimate of drug-likeness (QED) is 0.774. The average Bonchev–Trinajstić information content (AvgIpc) is 2.30. The van der Waals surface area contributed by atoms with Crippen LogP contribution in [-0.4, -0.2) is 18.3 Å². The van der Waals surface area contributed by atoms with E-state index >= 15 is 0 Å². The molecule has 3 N–H and O–H groups in total. The SMILES string of the molecule is CCCc1ccc(C(C)(CN)CCO)cc1. The van der Waals surface area contributed by atoms with E-state index in [0.717, 1.165) is 12.8 Å². The summed E-state index contributed by atoms with van der Waals surface area (Å²) in [7, 11) is 0. The van der Waals surface area contributed by atoms with Crippen LogP contribution in [0.3, 0.4) is 0 Å². The maximum atomic E-state index is 9.08. The second kappa shape index (κ2) is 6.02. The molecule has 0 spiro atoms. The number of aliphatic hydroxyl groups is 1. The zero-order valence-electron chi connectivity index (χ0n) is 10.4. The molecule has 1 aromatic carbocycles. The van der Waals surface area contributed by atoms with Crippen LogP contribution in [0.15, 0.2) is 24.3 Å². The molecule has 0 aliphatic rings. The lowest BCUT2D eigenvalue weighted by Crippen LogP contribution is -2.32. The van der Waals surface area contributed by atoms with Crippen LogP contribution in [0.2, 0.25) is 0 Å². The van der Waals surface area contributed by atoms with Gasteiger partial charge in [0.05, 0.1) is 0 Å². The molecule has 0 bridgehead atoms. The first-order chi connectivity index (χ1) is 7.66. The first kappa shape index (κ1) is 13.2. The zero-order valence-corrected chi connectivity index (χ0v) is 10.4. The standard InChI is InChI=1S/C14H23NO/c1-3-4-12-5-7-13(8-6-12)14(2,11-15)9-10-16/h5-8,16H,3-4,9-11,15H2,1-2H3. The second-order valence-electron chi connectivity index (χ2n) is 4.69. The van der Waals surface area contributed by atoms with Gasteiger partial charge >= 0.3 is 0 Å². The van der Waals surface area contributed by atoms with Crippen LogP contribution in [0, 0.1) is 0 Å². The van der Waals surface area contributed by atoms with Crippen molar-refractivity contribution in [3.8, 4) is 0 Å². The van der Waals surface area contributed by atoms with Gasteiger partial charge < -0.3 is 10.8 Å². The highest BCUT2D eigenvalue weighted by molar-refractivity contribution is 5.29. The summed E-state index contributed by atoms with van der Waals surface area (Å²) in [5.74, 6) is 0. The lowest BCUT2D eigenvalue weighted by molar-refractivity contribution is 0.247. The van der Waals surface area contributed by atoms with Crippen molar-refractivity contribution in [1.29, 1.82) is 0 Å². The van der Waals surface area contributed by atoms with Crippen molar-refractivity contribution in [2.24, 2.45) is 5.73 Å². The Morgan fingerprint density at radius 2 is 1.88 bits per heavy atom. The Balaban J connectivity index is 2.85. The van der Waals surface area contributed by atoms with E-state index in [1.165, 1.54) is 17.5 Å². The summed E-state index contributed by atoms with van der Waals surface area (Å²) >= 11 is 0. The fourth-order valence-electron chi connectivity index (χ4n) is 1.97. The van der Waals surface area contributed by atoms with Crippen molar-refractivity contribution in [2.45, 2.75) is 38.5 Å². The van der Waals surface area contributed by atoms with Gasteiger partial charge in [0.15, 0.2) is 0 Å². The third kappa shape index (κ3) is 3.06. The molecule has 0 saturated heterocycles. The molecule has 16 heavy (non-hydrogen) atoms. The van der Waals surface area contributed by atoms with E-state index < -0.39 is 0 Å². The molecular formula is C14H23NO. The fraction of sp³-hybridized carbons (Fsp3) is 0.571. The van der Waals surface area contributed by atoms with Gasteiger partial charge in [-0.25, -0.2) is 0 Å². The molecule has 0 radical (unpaired) electrons. The van der Waals surface area contributed by atoms with Crippen molar-refractivity contribution >= 4 is 0 Å². The van der Waals surface area contributed by atoms with Crippen LogP contribution in [0.25, 0.3) is 0 Å². The highest BCUT2D eigenvalue weighted by Crippen LogP contribution is 2.26. The average molecular weight is 221 g/mol. The van der Waals surface area contributed by atoms with Crippen LogP contribution in [0.5, 0.6) is 0 Å². The van der Waals surface area contributed by atoms with Crippen molar-refractivity contribution < 1.29 is 5.11 Å². The molecular weight excluding hydrogens is 198 g/mol. The van der Waals surface area contributed by atoms with Crippen molar-refractivity contribution in [2.75, 3.05) is 13.2 Å². The molecule has 0 saturated carbocycles. The van der Waals surface area contributed by atoms with E-state index in [1.54, 1.807) is 0 Å². The monoisotopic (exact) mass is 221 g/mol. The molecule has 1 unspecified atom stereocenters. The van der Waals surface area contributed by atoms with Gasteiger partial charge in [-0.05, 0) is 24.0 Å². The smallest absolute Gasteiger partial charge is 0.0439 e. The Morgan fingerprint density at radius 3 is 2.31 bits per heavy atom. The molecule has 0 amide bonds. The molecule has 2 heteroatoms. The van der Waals surface area contributed by atoms with Gasteiger partial charge in [0.1, 0.15) is 0 Å². The minimum absolute atomic E-state index is 0.0977. The molecule has 0 aromatic heterocycles. The molecule has 0 aliphatic heterocycles. The minimum Gasteiger partial charge on any atom is -0.396 e. The van der Waals surface area contributed by atoms with Crippen LogP contribution in [-0.2, 0) is 11.8 Å². The lowest BCUT2D eigenvalue weighted by Gasteiger charge is -2.28. The number of hydrogen-bond donors (Lipinski definition) is 2. The second-order valence-corrected chi connectivity index (χ2v) is 4.69. The van der Waals surface area contributed by atoms with E-state index in [1.807, 2.05) is 0 Å². The number of aryl methyl sites for hydroxylation is 1. The molecule has 1 atom stereocenters. The van der Waals surface area contributed by atoms with Gasteiger partial charge in [0.2, 0.25) is 0 Å².